The summed E-state index contributed by atoms with van der Waals surface area (Å²) in [6, 6.07) is 4.78. The highest BCUT2D eigenvalue weighted by Gasteiger charge is 2.28. The molecule has 3 N–H and O–H groups in total. The second-order valence-electron chi connectivity index (χ2n) is 5.58. The number of hydrogen-bond acceptors (Lipinski definition) is 5. The first-order valence-corrected chi connectivity index (χ1v) is 7.04. The molecule has 0 saturated carbocycles. The average Bonchev–Trinajstić information content (AvgIpc) is 2.37. The third-order valence-corrected chi connectivity index (χ3v) is 3.50. The first-order chi connectivity index (χ1) is 9.95. The molecule has 0 fully saturated rings. The van der Waals surface area contributed by atoms with Crippen LogP contribution in [0.15, 0.2) is 18.2 Å². The molecule has 1 aromatic rings. The number of rotatable bonds is 5. The smallest absolute Gasteiger partial charge is 0.220 e. The zero-order valence-corrected chi connectivity index (χ0v) is 12.4. The standard InChI is InChI=1S/C15H22N2O4/c1-17(2)6-5-16-14(19)7-10-8-15(20)21-13-9-11(18)3-4-12(10)13/h3-4,9-10,15,18,20H,5-8H2,1-2H3,(H,16,19). The molecule has 1 aliphatic heterocycles. The first kappa shape index (κ1) is 15.6. The van der Waals surface area contributed by atoms with Crippen molar-refractivity contribution in [1.29, 1.82) is 0 Å². The quantitative estimate of drug-likeness (QED) is 0.742. The van der Waals surface area contributed by atoms with Crippen molar-refractivity contribution < 1.29 is 19.7 Å². The number of aromatic hydroxyl groups is 1. The lowest BCUT2D eigenvalue weighted by molar-refractivity contribution is -0.122. The number of phenols is 1. The van der Waals surface area contributed by atoms with Crippen molar-refractivity contribution in [2.24, 2.45) is 0 Å². The number of nitrogens with one attached hydrogen (secondary N) is 1. The summed E-state index contributed by atoms with van der Waals surface area (Å²) < 4.78 is 5.29. The number of fused-ring (bicyclic) bond motifs is 1. The maximum atomic E-state index is 12.0. The molecule has 0 aliphatic carbocycles. The summed E-state index contributed by atoms with van der Waals surface area (Å²) in [7, 11) is 3.90. The lowest BCUT2D eigenvalue weighted by atomic mass is 9.89. The second-order valence-corrected chi connectivity index (χ2v) is 5.58. The van der Waals surface area contributed by atoms with Crippen molar-refractivity contribution in [3.05, 3.63) is 23.8 Å². The van der Waals surface area contributed by atoms with Gasteiger partial charge in [0.05, 0.1) is 0 Å². The van der Waals surface area contributed by atoms with Crippen molar-refractivity contribution in [3.8, 4) is 11.5 Å². The minimum absolute atomic E-state index is 0.0463. The molecule has 6 nitrogen and oxygen atoms in total. The Bertz CT molecular complexity index is 504. The summed E-state index contributed by atoms with van der Waals surface area (Å²) in [4.78, 5) is 14.0. The number of carbonyl (C=O) groups excluding carboxylic acids is 1. The van der Waals surface area contributed by atoms with Gasteiger partial charge < -0.3 is 25.2 Å². The minimum Gasteiger partial charge on any atom is -0.508 e. The van der Waals surface area contributed by atoms with Gasteiger partial charge in [0.15, 0.2) is 6.29 Å². The van der Waals surface area contributed by atoms with Crippen LogP contribution in [0.5, 0.6) is 11.5 Å². The maximum absolute atomic E-state index is 12.0. The molecule has 2 unspecified atom stereocenters. The monoisotopic (exact) mass is 294 g/mol. The number of amides is 1. The highest BCUT2D eigenvalue weighted by Crippen LogP contribution is 2.39. The van der Waals surface area contributed by atoms with Crippen LogP contribution in [-0.2, 0) is 4.79 Å². The summed E-state index contributed by atoms with van der Waals surface area (Å²) in [5, 5.41) is 22.1. The molecule has 0 radical (unpaired) electrons. The number of likely N-dealkylation sites (N-methyl/N-ethyl adjacent to an activating group) is 1. The molecule has 0 saturated heterocycles. The van der Waals surface area contributed by atoms with Crippen LogP contribution >= 0.6 is 0 Å². The molecule has 1 amide bonds. The molecule has 6 heteroatoms. The molecule has 2 rings (SSSR count). The average molecular weight is 294 g/mol. The topological polar surface area (TPSA) is 82.0 Å². The van der Waals surface area contributed by atoms with Crippen molar-refractivity contribution in [2.75, 3.05) is 27.2 Å². The number of aliphatic hydroxyl groups excluding tert-OH is 1. The van der Waals surface area contributed by atoms with E-state index in [-0.39, 0.29) is 17.6 Å². The molecule has 116 valence electrons. The van der Waals surface area contributed by atoms with E-state index in [9.17, 15) is 15.0 Å². The second kappa shape index (κ2) is 6.78. The zero-order valence-electron chi connectivity index (χ0n) is 12.4. The summed E-state index contributed by atoms with van der Waals surface area (Å²) in [5.41, 5.74) is 0.848. The number of phenolic OH excluding ortho intramolecular Hbond substituents is 1. The van der Waals surface area contributed by atoms with E-state index >= 15 is 0 Å². The molecular weight excluding hydrogens is 272 g/mol. The van der Waals surface area contributed by atoms with Crippen LogP contribution in [0.1, 0.15) is 24.3 Å². The summed E-state index contributed by atoms with van der Waals surface area (Å²) in [6.45, 7) is 1.38. The number of benzene rings is 1. The first-order valence-electron chi connectivity index (χ1n) is 7.04. The van der Waals surface area contributed by atoms with E-state index < -0.39 is 6.29 Å². The van der Waals surface area contributed by atoms with Gasteiger partial charge in [-0.05, 0) is 25.7 Å². The largest absolute Gasteiger partial charge is 0.508 e. The number of ether oxygens (including phenoxy) is 1. The van der Waals surface area contributed by atoms with Gasteiger partial charge in [-0.3, -0.25) is 4.79 Å². The van der Waals surface area contributed by atoms with Gasteiger partial charge in [-0.2, -0.15) is 0 Å². The van der Waals surface area contributed by atoms with E-state index in [2.05, 4.69) is 5.32 Å². The molecule has 21 heavy (non-hydrogen) atoms. The third kappa shape index (κ3) is 4.34. The van der Waals surface area contributed by atoms with Crippen LogP contribution < -0.4 is 10.1 Å². The third-order valence-electron chi connectivity index (χ3n) is 3.50. The van der Waals surface area contributed by atoms with E-state index in [0.717, 1.165) is 12.1 Å². The van der Waals surface area contributed by atoms with E-state index in [1.165, 1.54) is 6.07 Å². The van der Waals surface area contributed by atoms with Crippen LogP contribution in [0.3, 0.4) is 0 Å². The van der Waals surface area contributed by atoms with Crippen LogP contribution in [0.2, 0.25) is 0 Å². The van der Waals surface area contributed by atoms with E-state index in [0.29, 0.717) is 25.1 Å². The van der Waals surface area contributed by atoms with Gasteiger partial charge in [0.25, 0.3) is 0 Å². The molecule has 2 atom stereocenters. The van der Waals surface area contributed by atoms with Gasteiger partial charge in [0.2, 0.25) is 5.91 Å². The Kier molecular flexibility index (Phi) is 5.03. The maximum Gasteiger partial charge on any atom is 0.220 e. The number of carbonyl (C=O) groups is 1. The van der Waals surface area contributed by atoms with Gasteiger partial charge >= 0.3 is 0 Å². The Balaban J connectivity index is 1.99. The summed E-state index contributed by atoms with van der Waals surface area (Å²) in [6.07, 6.45) is -0.274. The molecule has 1 aromatic carbocycles. The zero-order chi connectivity index (χ0) is 15.4. The van der Waals surface area contributed by atoms with Gasteiger partial charge in [0, 0.05) is 37.9 Å². The molecule has 0 spiro atoms. The van der Waals surface area contributed by atoms with Crippen molar-refractivity contribution >= 4 is 5.91 Å². The Morgan fingerprint density at radius 1 is 1.48 bits per heavy atom. The highest BCUT2D eigenvalue weighted by atomic mass is 16.6. The highest BCUT2D eigenvalue weighted by molar-refractivity contribution is 5.77. The Morgan fingerprint density at radius 2 is 2.24 bits per heavy atom. The van der Waals surface area contributed by atoms with E-state index in [4.69, 9.17) is 4.74 Å². The lowest BCUT2D eigenvalue weighted by Crippen LogP contribution is -2.33. The Morgan fingerprint density at radius 3 is 2.95 bits per heavy atom. The Labute approximate surface area is 124 Å². The molecule has 0 bridgehead atoms. The fraction of sp³-hybridized carbons (Fsp3) is 0.533. The van der Waals surface area contributed by atoms with Crippen LogP contribution in [-0.4, -0.2) is 54.5 Å². The van der Waals surface area contributed by atoms with E-state index in [1.54, 1.807) is 12.1 Å². The van der Waals surface area contributed by atoms with Crippen LogP contribution in [0.25, 0.3) is 0 Å². The number of aliphatic hydroxyl groups is 1. The predicted molar refractivity (Wildman–Crippen MR) is 78.3 cm³/mol. The van der Waals surface area contributed by atoms with E-state index in [1.807, 2.05) is 19.0 Å². The number of hydrogen-bond donors (Lipinski definition) is 3. The summed E-state index contributed by atoms with van der Waals surface area (Å²) >= 11 is 0. The normalized spacial score (nSPS) is 20.8. The molecule has 0 aromatic heterocycles. The Hall–Kier alpha value is -1.79. The fourth-order valence-electron chi connectivity index (χ4n) is 2.44. The van der Waals surface area contributed by atoms with Crippen LogP contribution in [0, 0.1) is 0 Å². The molecule has 1 heterocycles. The van der Waals surface area contributed by atoms with Gasteiger partial charge in [-0.1, -0.05) is 6.07 Å². The van der Waals surface area contributed by atoms with Crippen molar-refractivity contribution in [1.82, 2.24) is 10.2 Å². The SMILES string of the molecule is CN(C)CCNC(=O)CC1CC(O)Oc2cc(O)ccc21. The molecular formula is C15H22N2O4. The van der Waals surface area contributed by atoms with Gasteiger partial charge in [-0.25, -0.2) is 0 Å². The van der Waals surface area contributed by atoms with Gasteiger partial charge in [-0.15, -0.1) is 0 Å². The van der Waals surface area contributed by atoms with Crippen molar-refractivity contribution in [2.45, 2.75) is 25.0 Å². The predicted octanol–water partition coefficient (Wildman–Crippen LogP) is 0.645. The van der Waals surface area contributed by atoms with Crippen molar-refractivity contribution in [3.63, 3.8) is 0 Å². The fourth-order valence-corrected chi connectivity index (χ4v) is 2.44. The lowest BCUT2D eigenvalue weighted by Gasteiger charge is -2.29. The van der Waals surface area contributed by atoms with Gasteiger partial charge in [0.1, 0.15) is 11.5 Å². The number of nitrogens with zero attached hydrogens (tertiary/aromatic N) is 1. The molecule has 1 aliphatic rings. The minimum atomic E-state index is -0.945. The van der Waals surface area contributed by atoms with Crippen LogP contribution in [0.4, 0.5) is 0 Å². The summed E-state index contributed by atoms with van der Waals surface area (Å²) in [5.74, 6) is 0.371.